The van der Waals surface area contributed by atoms with Gasteiger partial charge in [-0.1, -0.05) is 224 Å². The molecule has 0 aliphatic rings. The predicted molar refractivity (Wildman–Crippen MR) is 268 cm³/mol. The molecule has 304 valence electrons. The van der Waals surface area contributed by atoms with E-state index < -0.39 is 0 Å². The molecule has 0 unspecified atom stereocenters. The third kappa shape index (κ3) is 6.95. The summed E-state index contributed by atoms with van der Waals surface area (Å²) in [4.78, 5) is 15.7. The van der Waals surface area contributed by atoms with E-state index in [0.717, 1.165) is 88.7 Å². The Kier molecular flexibility index (Phi) is 9.46. The molecule has 0 N–H and O–H groups in total. The molecule has 0 amide bonds. The molecule has 2 heterocycles. The van der Waals surface area contributed by atoms with Gasteiger partial charge in [-0.2, -0.15) is 0 Å². The molecule has 0 aliphatic heterocycles. The topological polar surface area (TPSA) is 51.8 Å². The van der Waals surface area contributed by atoms with E-state index >= 15 is 0 Å². The van der Waals surface area contributed by atoms with Crippen LogP contribution in [0.25, 0.3) is 123 Å². The van der Waals surface area contributed by atoms with Crippen LogP contribution in [0.2, 0.25) is 0 Å². The molecule has 0 atom stereocenters. The Morgan fingerprint density at radius 1 is 0.262 bits per heavy atom. The second-order valence-corrected chi connectivity index (χ2v) is 16.3. The summed E-state index contributed by atoms with van der Waals surface area (Å²) < 4.78 is 6.48. The quantitative estimate of drug-likeness (QED) is 0.153. The second kappa shape index (κ2) is 16.2. The lowest BCUT2D eigenvalue weighted by Gasteiger charge is -2.16. The van der Waals surface area contributed by atoms with Gasteiger partial charge in [-0.3, -0.25) is 0 Å². The van der Waals surface area contributed by atoms with Crippen molar-refractivity contribution in [1.29, 1.82) is 0 Å². The molecule has 0 bridgehead atoms. The number of para-hydroxylation sites is 2. The van der Waals surface area contributed by atoms with Gasteiger partial charge in [-0.25, -0.2) is 15.0 Å². The van der Waals surface area contributed by atoms with Gasteiger partial charge in [0.15, 0.2) is 17.5 Å². The van der Waals surface area contributed by atoms with E-state index in [1.807, 2.05) is 36.4 Å². The van der Waals surface area contributed by atoms with Crippen molar-refractivity contribution in [1.82, 2.24) is 15.0 Å². The highest BCUT2D eigenvalue weighted by Gasteiger charge is 2.20. The molecule has 4 nitrogen and oxygen atoms in total. The number of fused-ring (bicyclic) bond motifs is 4. The van der Waals surface area contributed by atoms with Crippen molar-refractivity contribution >= 4 is 32.7 Å². The highest BCUT2D eigenvalue weighted by Crippen LogP contribution is 2.42. The van der Waals surface area contributed by atoms with Gasteiger partial charge in [-0.15, -0.1) is 0 Å². The third-order valence-corrected chi connectivity index (χ3v) is 12.4. The Bertz CT molecular complexity index is 3610. The third-order valence-electron chi connectivity index (χ3n) is 12.4. The SMILES string of the molecule is c1ccc(-c2ccccc2-c2nc(-c3ccc(-c4c(-c5cccc(-c6cccc7c6oc6ccccc67)c5)ccc5ccccc45)cc3)nc(-c3ccccc3-c3ccccc3)n2)cc1. The lowest BCUT2D eigenvalue weighted by atomic mass is 9.88. The van der Waals surface area contributed by atoms with E-state index in [2.05, 4.69) is 200 Å². The largest absolute Gasteiger partial charge is 0.455 e. The Labute approximate surface area is 376 Å². The molecule has 12 aromatic rings. The monoisotopic (exact) mass is 829 g/mol. The van der Waals surface area contributed by atoms with Crippen LogP contribution in [0.3, 0.4) is 0 Å². The van der Waals surface area contributed by atoms with Gasteiger partial charge in [0, 0.05) is 33.0 Å². The number of nitrogens with zero attached hydrogens (tertiary/aromatic N) is 3. The Balaban J connectivity index is 0.996. The molecule has 0 saturated heterocycles. The van der Waals surface area contributed by atoms with Crippen LogP contribution in [0.15, 0.2) is 241 Å². The average Bonchev–Trinajstić information content (AvgIpc) is 3.78. The van der Waals surface area contributed by atoms with Crippen LogP contribution in [0, 0.1) is 0 Å². The number of hydrogen-bond donors (Lipinski definition) is 0. The van der Waals surface area contributed by atoms with Gasteiger partial charge in [0.25, 0.3) is 0 Å². The van der Waals surface area contributed by atoms with Gasteiger partial charge < -0.3 is 4.42 Å². The second-order valence-electron chi connectivity index (χ2n) is 16.3. The fraction of sp³-hybridized carbons (Fsp3) is 0. The number of benzene rings is 10. The number of hydrogen-bond acceptors (Lipinski definition) is 4. The molecule has 0 saturated carbocycles. The van der Waals surface area contributed by atoms with Crippen molar-refractivity contribution < 1.29 is 4.42 Å². The Morgan fingerprint density at radius 3 is 1.42 bits per heavy atom. The van der Waals surface area contributed by atoms with Crippen LogP contribution in [0.1, 0.15) is 0 Å². The maximum absolute atomic E-state index is 6.48. The van der Waals surface area contributed by atoms with Crippen molar-refractivity contribution in [2.24, 2.45) is 0 Å². The number of furan rings is 1. The summed E-state index contributed by atoms with van der Waals surface area (Å²) in [7, 11) is 0. The van der Waals surface area contributed by atoms with Gasteiger partial charge in [0.1, 0.15) is 11.2 Å². The van der Waals surface area contributed by atoms with Crippen LogP contribution in [0.4, 0.5) is 0 Å². The van der Waals surface area contributed by atoms with Crippen molar-refractivity contribution in [3.05, 3.63) is 237 Å². The zero-order chi connectivity index (χ0) is 43.1. The van der Waals surface area contributed by atoms with E-state index in [4.69, 9.17) is 19.4 Å². The zero-order valence-corrected chi connectivity index (χ0v) is 35.3. The molecule has 4 heteroatoms. The molecular formula is C61H39N3O. The smallest absolute Gasteiger partial charge is 0.164 e. The first-order valence-corrected chi connectivity index (χ1v) is 21.9. The summed E-state index contributed by atoms with van der Waals surface area (Å²) in [6.45, 7) is 0. The van der Waals surface area contributed by atoms with Crippen molar-refractivity contribution in [3.8, 4) is 89.8 Å². The molecule has 0 spiro atoms. The zero-order valence-electron chi connectivity index (χ0n) is 35.3. The van der Waals surface area contributed by atoms with Crippen molar-refractivity contribution in [3.63, 3.8) is 0 Å². The Hall–Kier alpha value is -8.73. The number of aromatic nitrogens is 3. The normalized spacial score (nSPS) is 11.4. The van der Waals surface area contributed by atoms with Crippen molar-refractivity contribution in [2.75, 3.05) is 0 Å². The van der Waals surface area contributed by atoms with Gasteiger partial charge >= 0.3 is 0 Å². The Morgan fingerprint density at radius 2 is 0.738 bits per heavy atom. The summed E-state index contributed by atoms with van der Waals surface area (Å²) in [5, 5.41) is 4.61. The average molecular weight is 830 g/mol. The number of rotatable bonds is 8. The lowest BCUT2D eigenvalue weighted by molar-refractivity contribution is 0.670. The summed E-state index contributed by atoms with van der Waals surface area (Å²) in [5.74, 6) is 1.84. The van der Waals surface area contributed by atoms with E-state index in [1.54, 1.807) is 0 Å². The molecule has 0 aliphatic carbocycles. The summed E-state index contributed by atoms with van der Waals surface area (Å²) >= 11 is 0. The summed E-state index contributed by atoms with van der Waals surface area (Å²) in [6.07, 6.45) is 0. The molecule has 2 aromatic heterocycles. The van der Waals surface area contributed by atoms with E-state index in [-0.39, 0.29) is 0 Å². The molecule has 12 rings (SSSR count). The minimum Gasteiger partial charge on any atom is -0.455 e. The van der Waals surface area contributed by atoms with E-state index in [0.29, 0.717) is 17.5 Å². The summed E-state index contributed by atoms with van der Waals surface area (Å²) in [6, 6.07) is 82.9. The van der Waals surface area contributed by atoms with Crippen LogP contribution in [0.5, 0.6) is 0 Å². The highest BCUT2D eigenvalue weighted by molar-refractivity contribution is 6.10. The van der Waals surface area contributed by atoms with Gasteiger partial charge in [0.05, 0.1) is 0 Å². The highest BCUT2D eigenvalue weighted by atomic mass is 16.3. The molecule has 0 fully saturated rings. The lowest BCUT2D eigenvalue weighted by Crippen LogP contribution is -2.02. The predicted octanol–water partition coefficient (Wildman–Crippen LogP) is 16.3. The van der Waals surface area contributed by atoms with Gasteiger partial charge in [0.2, 0.25) is 0 Å². The van der Waals surface area contributed by atoms with Crippen LogP contribution < -0.4 is 0 Å². The fourth-order valence-electron chi connectivity index (χ4n) is 9.28. The molecule has 65 heavy (non-hydrogen) atoms. The maximum atomic E-state index is 6.48. The minimum atomic E-state index is 0.605. The first kappa shape index (κ1) is 38.0. The standard InChI is InChI=1S/C61H39N3O/c1-3-17-40(18-4-1)47-24-9-11-28-54(47)60-62-59(63-61(64-60)55-29-12-10-25-48(55)41-19-5-2-6-20-41)44-35-33-43(34-36-44)57-49-26-8-7-21-42(49)37-38-50(57)45-22-15-23-46(39-45)51-30-16-31-53-52-27-13-14-32-56(52)65-58(51)53/h1-39H. The molecular weight excluding hydrogens is 791 g/mol. The van der Waals surface area contributed by atoms with E-state index in [1.165, 1.54) is 16.3 Å². The first-order valence-electron chi connectivity index (χ1n) is 21.9. The minimum absolute atomic E-state index is 0.605. The van der Waals surface area contributed by atoms with Crippen LogP contribution in [-0.2, 0) is 0 Å². The van der Waals surface area contributed by atoms with Crippen LogP contribution >= 0.6 is 0 Å². The fourth-order valence-corrected chi connectivity index (χ4v) is 9.28. The molecule has 0 radical (unpaired) electrons. The van der Waals surface area contributed by atoms with Gasteiger partial charge in [-0.05, 0) is 73.0 Å². The first-order chi connectivity index (χ1) is 32.2. The summed E-state index contributed by atoms with van der Waals surface area (Å²) in [5.41, 5.74) is 15.6. The molecule has 10 aromatic carbocycles. The van der Waals surface area contributed by atoms with E-state index in [9.17, 15) is 0 Å². The van der Waals surface area contributed by atoms with Crippen molar-refractivity contribution in [2.45, 2.75) is 0 Å². The van der Waals surface area contributed by atoms with Crippen LogP contribution in [-0.4, -0.2) is 15.0 Å². The maximum Gasteiger partial charge on any atom is 0.164 e.